The van der Waals surface area contributed by atoms with E-state index >= 15 is 0 Å². The molecule has 1 aromatic heterocycles. The van der Waals surface area contributed by atoms with Gasteiger partial charge in [-0.1, -0.05) is 25.5 Å². The predicted molar refractivity (Wildman–Crippen MR) is 57.1 cm³/mol. The minimum absolute atomic E-state index is 0.0159. The first-order chi connectivity index (χ1) is 7.18. The Hall–Kier alpha value is -0.970. The largest absolute Gasteiger partial charge is 0.327 e. The molecule has 1 heterocycles. The summed E-state index contributed by atoms with van der Waals surface area (Å²) in [5.74, 6) is 0. The van der Waals surface area contributed by atoms with Gasteiger partial charge in [0.1, 0.15) is 0 Å². The number of hydrogen-bond donors (Lipinski definition) is 1. The molecule has 0 aliphatic heterocycles. The average Bonchev–Trinajstić information content (AvgIpc) is 2.67. The van der Waals surface area contributed by atoms with Crippen LogP contribution in [0.15, 0.2) is 6.20 Å². The summed E-state index contributed by atoms with van der Waals surface area (Å²) in [7, 11) is 0. The van der Waals surface area contributed by atoms with Crippen LogP contribution in [0.1, 0.15) is 38.8 Å². The van der Waals surface area contributed by atoms with Gasteiger partial charge in [-0.25, -0.2) is 9.07 Å². The third-order valence-corrected chi connectivity index (χ3v) is 2.48. The zero-order chi connectivity index (χ0) is 11.3. The lowest BCUT2D eigenvalue weighted by molar-refractivity contribution is 0.145. The van der Waals surface area contributed by atoms with E-state index in [-0.39, 0.29) is 6.54 Å². The summed E-state index contributed by atoms with van der Waals surface area (Å²) >= 11 is 0. The second-order valence-electron chi connectivity index (χ2n) is 3.76. The summed E-state index contributed by atoms with van der Waals surface area (Å²) in [5, 5.41) is 7.63. The number of halogens is 1. The minimum atomic E-state index is -1.48. The minimum Gasteiger partial charge on any atom is -0.327 e. The smallest absolute Gasteiger partial charge is 0.166 e. The highest BCUT2D eigenvalue weighted by atomic mass is 19.1. The van der Waals surface area contributed by atoms with Crippen LogP contribution < -0.4 is 5.73 Å². The lowest BCUT2D eigenvalue weighted by Gasteiger charge is -2.23. The van der Waals surface area contributed by atoms with Crippen LogP contribution in [-0.2, 0) is 12.2 Å². The van der Waals surface area contributed by atoms with Crippen LogP contribution in [0.3, 0.4) is 0 Å². The van der Waals surface area contributed by atoms with Crippen molar-refractivity contribution in [3.63, 3.8) is 0 Å². The number of nitrogens with two attached hydrogens (primary N) is 1. The summed E-state index contributed by atoms with van der Waals surface area (Å²) in [6.07, 6.45) is 3.56. The summed E-state index contributed by atoms with van der Waals surface area (Å²) < 4.78 is 16.1. The fourth-order valence-electron chi connectivity index (χ4n) is 1.71. The Morgan fingerprint density at radius 1 is 1.47 bits per heavy atom. The van der Waals surface area contributed by atoms with Gasteiger partial charge in [0.2, 0.25) is 0 Å². The zero-order valence-corrected chi connectivity index (χ0v) is 9.41. The van der Waals surface area contributed by atoms with Crippen molar-refractivity contribution in [2.45, 2.75) is 45.3 Å². The van der Waals surface area contributed by atoms with Crippen LogP contribution in [0, 0.1) is 0 Å². The van der Waals surface area contributed by atoms with Gasteiger partial charge in [0.25, 0.3) is 0 Å². The van der Waals surface area contributed by atoms with Gasteiger partial charge < -0.3 is 5.73 Å². The van der Waals surface area contributed by atoms with Gasteiger partial charge in [0.15, 0.2) is 5.67 Å². The van der Waals surface area contributed by atoms with Gasteiger partial charge in [-0.3, -0.25) is 0 Å². The molecule has 15 heavy (non-hydrogen) atoms. The molecule has 1 aromatic rings. The monoisotopic (exact) mass is 214 g/mol. The number of alkyl halides is 1. The van der Waals surface area contributed by atoms with E-state index in [0.29, 0.717) is 18.7 Å². The van der Waals surface area contributed by atoms with E-state index in [0.717, 1.165) is 12.8 Å². The van der Waals surface area contributed by atoms with Crippen molar-refractivity contribution < 1.29 is 4.39 Å². The molecule has 0 saturated heterocycles. The third-order valence-electron chi connectivity index (χ3n) is 2.48. The summed E-state index contributed by atoms with van der Waals surface area (Å²) in [6, 6.07) is 0. The van der Waals surface area contributed by atoms with E-state index in [4.69, 9.17) is 5.73 Å². The Bertz CT molecular complexity index is 299. The lowest BCUT2D eigenvalue weighted by Crippen LogP contribution is -2.33. The SMILES string of the molecule is CCCn1nncc1C(F)(CN)CCC. The summed E-state index contributed by atoms with van der Waals surface area (Å²) in [4.78, 5) is 0. The summed E-state index contributed by atoms with van der Waals surface area (Å²) in [5.41, 5.74) is 4.53. The topological polar surface area (TPSA) is 56.7 Å². The van der Waals surface area contributed by atoms with Crippen molar-refractivity contribution in [3.8, 4) is 0 Å². The van der Waals surface area contributed by atoms with E-state index in [9.17, 15) is 4.39 Å². The Morgan fingerprint density at radius 3 is 2.73 bits per heavy atom. The highest BCUT2D eigenvalue weighted by Gasteiger charge is 2.33. The number of nitrogens with zero attached hydrogens (tertiary/aromatic N) is 3. The second kappa shape index (κ2) is 5.21. The highest BCUT2D eigenvalue weighted by molar-refractivity contribution is 5.09. The van der Waals surface area contributed by atoms with Crippen LogP contribution in [0.25, 0.3) is 0 Å². The lowest BCUT2D eigenvalue weighted by atomic mass is 9.96. The Morgan fingerprint density at radius 2 is 2.20 bits per heavy atom. The fourth-order valence-corrected chi connectivity index (χ4v) is 1.71. The molecule has 0 amide bonds. The van der Waals surface area contributed by atoms with Gasteiger partial charge in [-0.05, 0) is 12.8 Å². The maximum Gasteiger partial charge on any atom is 0.166 e. The zero-order valence-electron chi connectivity index (χ0n) is 9.41. The molecule has 0 aromatic carbocycles. The quantitative estimate of drug-likeness (QED) is 0.782. The highest BCUT2D eigenvalue weighted by Crippen LogP contribution is 2.29. The molecule has 4 nitrogen and oxygen atoms in total. The molecule has 0 radical (unpaired) electrons. The molecule has 1 rings (SSSR count). The van der Waals surface area contributed by atoms with Crippen LogP contribution in [0.4, 0.5) is 4.39 Å². The van der Waals surface area contributed by atoms with Crippen molar-refractivity contribution in [1.29, 1.82) is 0 Å². The molecule has 5 heteroatoms. The molecule has 2 N–H and O–H groups in total. The number of hydrogen-bond acceptors (Lipinski definition) is 3. The van der Waals surface area contributed by atoms with E-state index in [2.05, 4.69) is 10.3 Å². The number of aryl methyl sites for hydroxylation is 1. The van der Waals surface area contributed by atoms with E-state index in [1.54, 1.807) is 4.68 Å². The van der Waals surface area contributed by atoms with Crippen LogP contribution in [0.5, 0.6) is 0 Å². The Labute approximate surface area is 89.7 Å². The van der Waals surface area contributed by atoms with E-state index in [1.807, 2.05) is 13.8 Å². The average molecular weight is 214 g/mol. The van der Waals surface area contributed by atoms with Gasteiger partial charge in [0, 0.05) is 13.1 Å². The normalized spacial score (nSPS) is 15.2. The van der Waals surface area contributed by atoms with Crippen molar-refractivity contribution >= 4 is 0 Å². The maximum absolute atomic E-state index is 14.4. The van der Waals surface area contributed by atoms with Gasteiger partial charge >= 0.3 is 0 Å². The van der Waals surface area contributed by atoms with Crippen LogP contribution in [-0.4, -0.2) is 21.5 Å². The molecule has 1 unspecified atom stereocenters. The Balaban J connectivity index is 2.95. The van der Waals surface area contributed by atoms with Gasteiger partial charge in [0.05, 0.1) is 11.9 Å². The fraction of sp³-hybridized carbons (Fsp3) is 0.800. The predicted octanol–water partition coefficient (Wildman–Crippen LogP) is 1.61. The van der Waals surface area contributed by atoms with Gasteiger partial charge in [-0.2, -0.15) is 0 Å². The molecule has 0 spiro atoms. The molecule has 0 fully saturated rings. The molecule has 0 bridgehead atoms. The first kappa shape index (κ1) is 12.1. The first-order valence-electron chi connectivity index (χ1n) is 5.46. The molecule has 0 saturated carbocycles. The van der Waals surface area contributed by atoms with E-state index < -0.39 is 5.67 Å². The second-order valence-corrected chi connectivity index (χ2v) is 3.76. The first-order valence-corrected chi connectivity index (χ1v) is 5.46. The van der Waals surface area contributed by atoms with Gasteiger partial charge in [-0.15, -0.1) is 5.10 Å². The van der Waals surface area contributed by atoms with Crippen molar-refractivity contribution in [2.24, 2.45) is 5.73 Å². The van der Waals surface area contributed by atoms with Crippen molar-refractivity contribution in [1.82, 2.24) is 15.0 Å². The Kier molecular flexibility index (Phi) is 4.20. The molecule has 0 aliphatic carbocycles. The molecule has 1 atom stereocenters. The van der Waals surface area contributed by atoms with Crippen molar-refractivity contribution in [2.75, 3.05) is 6.54 Å². The molecule has 0 aliphatic rings. The molecular weight excluding hydrogens is 195 g/mol. The van der Waals surface area contributed by atoms with Crippen molar-refractivity contribution in [3.05, 3.63) is 11.9 Å². The molecular formula is C10H19FN4. The maximum atomic E-state index is 14.4. The van der Waals surface area contributed by atoms with Crippen LogP contribution in [0.2, 0.25) is 0 Å². The number of rotatable bonds is 6. The van der Waals surface area contributed by atoms with E-state index in [1.165, 1.54) is 6.20 Å². The third kappa shape index (κ3) is 2.53. The summed E-state index contributed by atoms with van der Waals surface area (Å²) in [6.45, 7) is 4.63. The number of aromatic nitrogens is 3. The standard InChI is InChI=1S/C10H19FN4/c1-3-5-10(11,8-12)9-7-13-14-15(9)6-4-2/h7H,3-6,8,12H2,1-2H3. The molecule has 86 valence electrons. The van der Waals surface area contributed by atoms with Crippen LogP contribution >= 0.6 is 0 Å².